The smallest absolute Gasteiger partial charge is 0.437 e. The molecule has 13 heteroatoms. The molecule has 194 valence electrons. The second-order valence-electron chi connectivity index (χ2n) is 10.3. The van der Waals surface area contributed by atoms with Crippen LogP contribution in [0.2, 0.25) is 0 Å². The number of ether oxygens (including phenoxy) is 2. The van der Waals surface area contributed by atoms with Crippen molar-refractivity contribution in [3.05, 3.63) is 39.9 Å². The lowest BCUT2D eigenvalue weighted by atomic mass is 10.1. The number of guanidine groups is 1. The first-order chi connectivity index (χ1) is 15.8. The molecule has 0 unspecified atom stereocenters. The van der Waals surface area contributed by atoms with E-state index in [0.717, 1.165) is 5.56 Å². The number of nitrogens with zero attached hydrogens (tertiary/aromatic N) is 2. The van der Waals surface area contributed by atoms with E-state index >= 15 is 0 Å². The van der Waals surface area contributed by atoms with Crippen LogP contribution < -0.4 is 10.0 Å². The van der Waals surface area contributed by atoms with Gasteiger partial charge >= 0.3 is 28.0 Å². The van der Waals surface area contributed by atoms with Crippen LogP contribution >= 0.6 is 0 Å². The summed E-state index contributed by atoms with van der Waals surface area (Å²) in [6.07, 6.45) is -0.773. The number of esters is 1. The molecule has 12 nitrogen and oxygen atoms in total. The summed E-state index contributed by atoms with van der Waals surface area (Å²) >= 11 is 0. The Bertz CT molecular complexity index is 1120. The van der Waals surface area contributed by atoms with Gasteiger partial charge in [-0.1, -0.05) is 17.7 Å². The number of carbonyl (C=O) groups is 2. The van der Waals surface area contributed by atoms with Crippen molar-refractivity contribution >= 4 is 28.0 Å². The number of aliphatic imine (C=N–C) groups is 1. The second-order valence-corrected chi connectivity index (χ2v) is 12.0. The summed E-state index contributed by atoms with van der Waals surface area (Å²) in [4.78, 5) is 39.4. The number of sulfonamides is 1. The van der Waals surface area contributed by atoms with E-state index in [-0.39, 0.29) is 17.9 Å². The number of carbonyl (C=O) groups excluding carboxylic acids is 2. The fourth-order valence-electron chi connectivity index (χ4n) is 3.08. The van der Waals surface area contributed by atoms with Crippen molar-refractivity contribution in [2.45, 2.75) is 76.5 Å². The highest BCUT2D eigenvalue weighted by Gasteiger charge is 2.64. The normalized spacial score (nSPS) is 20.5. The van der Waals surface area contributed by atoms with E-state index in [4.69, 9.17) is 9.47 Å². The molecule has 0 heterocycles. The Kier molecular flexibility index (Phi) is 7.84. The highest BCUT2D eigenvalue weighted by atomic mass is 32.2. The van der Waals surface area contributed by atoms with Gasteiger partial charge in [-0.2, -0.15) is 13.1 Å². The first kappa shape index (κ1) is 28.0. The Morgan fingerprint density at radius 2 is 1.66 bits per heavy atom. The van der Waals surface area contributed by atoms with E-state index in [1.165, 1.54) is 12.1 Å². The average Bonchev–Trinajstić information content (AvgIpc) is 3.36. The minimum absolute atomic E-state index is 0.0837. The molecule has 1 amide bonds. The molecule has 0 bridgehead atoms. The topological polar surface area (TPSA) is 166 Å². The summed E-state index contributed by atoms with van der Waals surface area (Å²) in [5, 5.41) is 14.0. The summed E-state index contributed by atoms with van der Waals surface area (Å²) < 4.78 is 37.6. The maximum Gasteiger partial charge on any atom is 0.437 e. The first-order valence-electron chi connectivity index (χ1n) is 10.9. The second kappa shape index (κ2) is 9.80. The molecule has 1 aromatic carbocycles. The number of benzene rings is 1. The number of rotatable bonds is 6. The van der Waals surface area contributed by atoms with Crippen molar-refractivity contribution in [2.75, 3.05) is 6.54 Å². The van der Waals surface area contributed by atoms with E-state index in [1.807, 2.05) is 4.72 Å². The van der Waals surface area contributed by atoms with E-state index in [0.29, 0.717) is 0 Å². The molecule has 0 saturated heterocycles. The van der Waals surface area contributed by atoms with Crippen LogP contribution in [0, 0.1) is 23.0 Å². The van der Waals surface area contributed by atoms with Gasteiger partial charge in [0.25, 0.3) is 0 Å². The van der Waals surface area contributed by atoms with Crippen LogP contribution in [0.25, 0.3) is 0 Å². The number of nitro groups is 1. The molecule has 1 aliphatic rings. The quantitative estimate of drug-likeness (QED) is 0.193. The van der Waals surface area contributed by atoms with Crippen LogP contribution in [0.3, 0.4) is 0 Å². The maximum atomic E-state index is 12.9. The molecule has 0 radical (unpaired) electrons. The number of nitrogens with one attached hydrogen (secondary N) is 2. The van der Waals surface area contributed by atoms with Crippen molar-refractivity contribution < 1.29 is 32.4 Å². The third-order valence-corrected chi connectivity index (χ3v) is 6.13. The summed E-state index contributed by atoms with van der Waals surface area (Å²) in [6.45, 7) is 11.4. The molecule has 1 saturated carbocycles. The van der Waals surface area contributed by atoms with Crippen LogP contribution in [0.1, 0.15) is 53.5 Å². The van der Waals surface area contributed by atoms with Crippen LogP contribution in [-0.2, 0) is 24.3 Å². The van der Waals surface area contributed by atoms with Crippen LogP contribution in [0.15, 0.2) is 34.2 Å². The van der Waals surface area contributed by atoms with Crippen molar-refractivity contribution in [3.63, 3.8) is 0 Å². The van der Waals surface area contributed by atoms with Crippen LogP contribution in [-0.4, -0.2) is 54.6 Å². The molecule has 2 atom stereocenters. The average molecular weight is 513 g/mol. The number of hydrogen-bond donors (Lipinski definition) is 2. The zero-order valence-corrected chi connectivity index (χ0v) is 21.7. The van der Waals surface area contributed by atoms with Gasteiger partial charge in [0.1, 0.15) is 28.2 Å². The Morgan fingerprint density at radius 1 is 1.11 bits per heavy atom. The zero-order chi connectivity index (χ0) is 26.8. The lowest BCUT2D eigenvalue weighted by molar-refractivity contribution is -0.354. The van der Waals surface area contributed by atoms with Gasteiger partial charge in [0.05, 0.1) is 0 Å². The molecule has 35 heavy (non-hydrogen) atoms. The van der Waals surface area contributed by atoms with Gasteiger partial charge in [-0.25, -0.2) is 9.59 Å². The van der Waals surface area contributed by atoms with E-state index in [1.54, 1.807) is 60.6 Å². The third kappa shape index (κ3) is 7.91. The Labute approximate surface area is 204 Å². The molecule has 0 spiro atoms. The first-order valence-corrected chi connectivity index (χ1v) is 12.4. The van der Waals surface area contributed by atoms with Crippen LogP contribution in [0.5, 0.6) is 0 Å². The molecule has 0 aromatic heterocycles. The fourth-order valence-corrected chi connectivity index (χ4v) is 4.07. The van der Waals surface area contributed by atoms with Crippen molar-refractivity contribution in [3.8, 4) is 0 Å². The standard InChI is InChI=1S/C22H32N4O8S/c1-14-8-10-16(11-9-14)35(31,32)25-18(26(29)30)23-13-15-12-22(15,17(27)33-20(2,3)4)24-19(28)34-21(5,6)7/h8-11,15H,12-13H2,1-7H3,(H,23,25)(H,24,28)/t15-,22-/m0/s1. The highest BCUT2D eigenvalue weighted by Crippen LogP contribution is 2.45. The Balaban J connectivity index is 2.24. The highest BCUT2D eigenvalue weighted by molar-refractivity contribution is 7.90. The SMILES string of the molecule is Cc1ccc(S(=O)(=O)NC(=NC[C@@H]2C[C@@]2(NC(=O)OC(C)(C)C)C(=O)OC(C)(C)C)[N+](=O)[O-])cc1. The van der Waals surface area contributed by atoms with Gasteiger partial charge in [0, 0.05) is 5.92 Å². The number of amides is 1. The molecular weight excluding hydrogens is 480 g/mol. The molecule has 2 rings (SSSR count). The summed E-state index contributed by atoms with van der Waals surface area (Å²) in [6, 6.07) is 5.74. The van der Waals surface area contributed by atoms with Gasteiger partial charge in [-0.3, -0.25) is 0 Å². The summed E-state index contributed by atoms with van der Waals surface area (Å²) in [7, 11) is -4.26. The maximum absolute atomic E-state index is 12.9. The largest absolute Gasteiger partial charge is 0.458 e. The molecule has 0 aliphatic heterocycles. The minimum atomic E-state index is -4.26. The van der Waals surface area contributed by atoms with Gasteiger partial charge in [-0.05, 0) is 71.9 Å². The Hall–Kier alpha value is -3.22. The van der Waals surface area contributed by atoms with E-state index in [2.05, 4.69) is 10.3 Å². The molecule has 1 aliphatic carbocycles. The van der Waals surface area contributed by atoms with Crippen molar-refractivity contribution in [2.24, 2.45) is 10.9 Å². The number of hydrogen-bond acceptors (Lipinski definition) is 9. The molecular formula is C22H32N4O8S. The fraction of sp³-hybridized carbons (Fsp3) is 0.591. The van der Waals surface area contributed by atoms with Crippen LogP contribution in [0.4, 0.5) is 4.79 Å². The predicted molar refractivity (Wildman–Crippen MR) is 127 cm³/mol. The molecule has 1 aromatic rings. The zero-order valence-electron chi connectivity index (χ0n) is 20.9. The number of alkyl carbamates (subject to hydrolysis) is 1. The van der Waals surface area contributed by atoms with Crippen molar-refractivity contribution in [1.29, 1.82) is 0 Å². The third-order valence-electron chi connectivity index (χ3n) is 4.78. The summed E-state index contributed by atoms with van der Waals surface area (Å²) in [5.41, 5.74) is -2.37. The van der Waals surface area contributed by atoms with Crippen molar-refractivity contribution in [1.82, 2.24) is 10.0 Å². The van der Waals surface area contributed by atoms with E-state index in [9.17, 15) is 28.1 Å². The van der Waals surface area contributed by atoms with Gasteiger partial charge in [0.2, 0.25) is 0 Å². The summed E-state index contributed by atoms with van der Waals surface area (Å²) in [5.74, 6) is -2.42. The number of aryl methyl sites for hydroxylation is 1. The predicted octanol–water partition coefficient (Wildman–Crippen LogP) is 2.53. The van der Waals surface area contributed by atoms with E-state index < -0.39 is 55.6 Å². The lowest BCUT2D eigenvalue weighted by Gasteiger charge is -2.26. The lowest BCUT2D eigenvalue weighted by Crippen LogP contribution is -2.49. The van der Waals surface area contributed by atoms with Gasteiger partial charge < -0.3 is 24.9 Å². The minimum Gasteiger partial charge on any atom is -0.458 e. The Morgan fingerprint density at radius 3 is 2.14 bits per heavy atom. The monoisotopic (exact) mass is 512 g/mol. The van der Waals surface area contributed by atoms with Gasteiger partial charge in [-0.15, -0.1) is 4.99 Å². The van der Waals surface area contributed by atoms with Gasteiger partial charge in [0.15, 0.2) is 0 Å². The molecule has 1 fully saturated rings. The molecule has 2 N–H and O–H groups in total.